The summed E-state index contributed by atoms with van der Waals surface area (Å²) in [6, 6.07) is 9.04. The highest BCUT2D eigenvalue weighted by Crippen LogP contribution is 2.33. The summed E-state index contributed by atoms with van der Waals surface area (Å²) in [7, 11) is 1.85. The van der Waals surface area contributed by atoms with Crippen LogP contribution in [0.4, 0.5) is 24.5 Å². The Labute approximate surface area is 192 Å². The van der Waals surface area contributed by atoms with Gasteiger partial charge in [0.2, 0.25) is 5.91 Å². The van der Waals surface area contributed by atoms with Gasteiger partial charge in [-0.3, -0.25) is 14.3 Å². The van der Waals surface area contributed by atoms with Gasteiger partial charge < -0.3 is 19.9 Å². The molecule has 1 atom stereocenters. The van der Waals surface area contributed by atoms with Crippen molar-refractivity contribution in [3.63, 3.8) is 0 Å². The number of halogens is 3. The first-order chi connectivity index (χ1) is 16.2. The number of nitrogens with one attached hydrogen (secondary N) is 1. The van der Waals surface area contributed by atoms with E-state index in [0.717, 1.165) is 21.5 Å². The van der Waals surface area contributed by atoms with Gasteiger partial charge in [0.1, 0.15) is 6.54 Å². The highest BCUT2D eigenvalue weighted by Gasteiger charge is 2.47. The third-order valence-electron chi connectivity index (χ3n) is 6.19. The molecule has 2 amide bonds. The lowest BCUT2D eigenvalue weighted by Crippen LogP contribution is -2.57. The van der Waals surface area contributed by atoms with E-state index in [1.54, 1.807) is 29.1 Å². The number of fused-ring (bicyclic) bond motifs is 2. The Hall–Kier alpha value is -3.60. The van der Waals surface area contributed by atoms with Gasteiger partial charge in [-0.1, -0.05) is 12.1 Å². The molecule has 0 saturated carbocycles. The van der Waals surface area contributed by atoms with E-state index in [2.05, 4.69) is 10.4 Å². The molecule has 2 aromatic carbocycles. The Morgan fingerprint density at radius 2 is 2.09 bits per heavy atom. The number of morpholine rings is 1. The van der Waals surface area contributed by atoms with Crippen LogP contribution in [0.1, 0.15) is 15.9 Å². The van der Waals surface area contributed by atoms with Crippen LogP contribution >= 0.6 is 0 Å². The second-order valence-electron chi connectivity index (χ2n) is 8.39. The molecule has 3 heterocycles. The van der Waals surface area contributed by atoms with Crippen molar-refractivity contribution in [2.45, 2.75) is 18.8 Å². The summed E-state index contributed by atoms with van der Waals surface area (Å²) in [5.41, 5.74) is 3.42. The summed E-state index contributed by atoms with van der Waals surface area (Å²) in [5, 5.41) is 8.41. The minimum atomic E-state index is -4.60. The second kappa shape index (κ2) is 8.32. The van der Waals surface area contributed by atoms with Gasteiger partial charge in [-0.2, -0.15) is 18.3 Å². The van der Waals surface area contributed by atoms with Crippen molar-refractivity contribution in [2.24, 2.45) is 7.05 Å². The zero-order valence-corrected chi connectivity index (χ0v) is 18.3. The van der Waals surface area contributed by atoms with E-state index in [1.165, 1.54) is 4.90 Å². The van der Waals surface area contributed by atoms with E-state index < -0.39 is 37.2 Å². The van der Waals surface area contributed by atoms with Crippen LogP contribution in [-0.4, -0.2) is 69.9 Å². The van der Waals surface area contributed by atoms with Gasteiger partial charge in [0, 0.05) is 31.2 Å². The highest BCUT2D eigenvalue weighted by molar-refractivity contribution is 6.05. The molecule has 1 aromatic heterocycles. The molecule has 0 bridgehead atoms. The lowest BCUT2D eigenvalue weighted by atomic mass is 10.1. The molecule has 34 heavy (non-hydrogen) atoms. The van der Waals surface area contributed by atoms with Crippen LogP contribution in [0.3, 0.4) is 0 Å². The molecule has 0 spiro atoms. The van der Waals surface area contributed by atoms with Gasteiger partial charge in [-0.15, -0.1) is 0 Å². The number of benzene rings is 2. The third kappa shape index (κ3) is 3.96. The lowest BCUT2D eigenvalue weighted by molar-refractivity contribution is -0.213. The van der Waals surface area contributed by atoms with Gasteiger partial charge in [-0.25, -0.2) is 0 Å². The average Bonchev–Trinajstić information content (AvgIpc) is 3.33. The number of ether oxygens (including phenoxy) is 1. The van der Waals surface area contributed by atoms with E-state index >= 15 is 0 Å². The predicted molar refractivity (Wildman–Crippen MR) is 118 cm³/mol. The maximum absolute atomic E-state index is 13.3. The van der Waals surface area contributed by atoms with Gasteiger partial charge in [0.05, 0.1) is 36.2 Å². The molecular weight excluding hydrogens is 451 g/mol. The van der Waals surface area contributed by atoms with Crippen molar-refractivity contribution in [2.75, 3.05) is 31.6 Å². The number of anilines is 2. The van der Waals surface area contributed by atoms with Crippen LogP contribution in [0, 0.1) is 0 Å². The minimum Gasteiger partial charge on any atom is -0.377 e. The molecule has 11 heteroatoms. The molecule has 1 saturated heterocycles. The van der Waals surface area contributed by atoms with E-state index in [-0.39, 0.29) is 19.7 Å². The number of amides is 2. The fourth-order valence-electron chi connectivity index (χ4n) is 4.48. The summed E-state index contributed by atoms with van der Waals surface area (Å²) in [5.74, 6) is -1.14. The van der Waals surface area contributed by atoms with Crippen molar-refractivity contribution in [1.29, 1.82) is 0 Å². The van der Waals surface area contributed by atoms with Crippen molar-refractivity contribution in [1.82, 2.24) is 19.6 Å². The first kappa shape index (κ1) is 22.2. The van der Waals surface area contributed by atoms with Crippen molar-refractivity contribution in [3.05, 3.63) is 53.7 Å². The molecule has 1 N–H and O–H groups in total. The molecule has 5 rings (SSSR count). The zero-order chi connectivity index (χ0) is 24.0. The largest absolute Gasteiger partial charge is 0.411 e. The molecule has 3 aromatic rings. The molecule has 178 valence electrons. The third-order valence-corrected chi connectivity index (χ3v) is 6.19. The lowest BCUT2D eigenvalue weighted by Gasteiger charge is -2.37. The van der Waals surface area contributed by atoms with Crippen LogP contribution in [0.15, 0.2) is 42.6 Å². The topological polar surface area (TPSA) is 79.7 Å². The van der Waals surface area contributed by atoms with Crippen LogP contribution in [0.2, 0.25) is 0 Å². The number of hydrogen-bond donors (Lipinski definition) is 1. The van der Waals surface area contributed by atoms with E-state index in [0.29, 0.717) is 16.8 Å². The molecule has 0 radical (unpaired) electrons. The van der Waals surface area contributed by atoms with Crippen LogP contribution in [0.5, 0.6) is 0 Å². The highest BCUT2D eigenvalue weighted by atomic mass is 19.4. The number of nitrogens with zero attached hydrogens (tertiary/aromatic N) is 4. The Balaban J connectivity index is 1.34. The molecule has 0 unspecified atom stereocenters. The Kier molecular flexibility index (Phi) is 5.43. The van der Waals surface area contributed by atoms with Gasteiger partial charge >= 0.3 is 6.18 Å². The maximum Gasteiger partial charge on any atom is 0.411 e. The fourth-order valence-corrected chi connectivity index (χ4v) is 4.48. The van der Waals surface area contributed by atoms with Crippen LogP contribution in [0.25, 0.3) is 10.9 Å². The summed E-state index contributed by atoms with van der Waals surface area (Å²) >= 11 is 0. The summed E-state index contributed by atoms with van der Waals surface area (Å²) < 4.78 is 46.7. The number of aryl methyl sites for hydroxylation is 1. The monoisotopic (exact) mass is 473 g/mol. The number of rotatable bonds is 4. The summed E-state index contributed by atoms with van der Waals surface area (Å²) in [6.07, 6.45) is -2.85. The average molecular weight is 473 g/mol. The number of hydrogen-bond acceptors (Lipinski definition) is 5. The summed E-state index contributed by atoms with van der Waals surface area (Å²) in [6.45, 7) is -1.01. The minimum absolute atomic E-state index is 0.0296. The number of carbonyl (C=O) groups is 2. The van der Waals surface area contributed by atoms with E-state index in [4.69, 9.17) is 4.74 Å². The molecule has 2 aliphatic rings. The normalized spacial score (nSPS) is 18.5. The Morgan fingerprint density at radius 1 is 1.26 bits per heavy atom. The number of aromatic nitrogens is 2. The SMILES string of the molecule is Cn1ncc2cc(Nc3cccc4c3C(=O)N(CC(=O)N3CCOC[C@@H]3C(F)(F)F)C4)ccc21. The maximum atomic E-state index is 13.3. The van der Waals surface area contributed by atoms with Crippen molar-refractivity contribution in [3.8, 4) is 0 Å². The molecular formula is C23H22F3N5O3. The number of alkyl halides is 3. The smallest absolute Gasteiger partial charge is 0.377 e. The van der Waals surface area contributed by atoms with E-state index in [1.807, 2.05) is 25.2 Å². The molecule has 1 fully saturated rings. The van der Waals surface area contributed by atoms with Gasteiger partial charge in [0.15, 0.2) is 6.04 Å². The number of carbonyl (C=O) groups excluding carboxylic acids is 2. The quantitative estimate of drug-likeness (QED) is 0.630. The van der Waals surface area contributed by atoms with Crippen molar-refractivity contribution < 1.29 is 27.5 Å². The van der Waals surface area contributed by atoms with Crippen LogP contribution in [-0.2, 0) is 23.1 Å². The molecule has 0 aliphatic carbocycles. The van der Waals surface area contributed by atoms with Gasteiger partial charge in [0.25, 0.3) is 5.91 Å². The second-order valence-corrected chi connectivity index (χ2v) is 8.39. The Morgan fingerprint density at radius 3 is 2.88 bits per heavy atom. The molecule has 8 nitrogen and oxygen atoms in total. The Bertz CT molecular complexity index is 1270. The standard InChI is InChI=1S/C23H22F3N5O3/c1-29-18-6-5-16(9-15(18)10-27-29)28-17-4-2-3-14-11-30(22(33)21(14)17)12-20(32)31-7-8-34-13-19(31)23(24,25)26/h2-6,9-10,19,28H,7-8,11-13H2,1H3/t19-/m1/s1. The van der Waals surface area contributed by atoms with Crippen molar-refractivity contribution >= 4 is 34.1 Å². The zero-order valence-electron chi connectivity index (χ0n) is 18.3. The van der Waals surface area contributed by atoms with Gasteiger partial charge in [-0.05, 0) is 29.8 Å². The fraction of sp³-hybridized carbons (Fsp3) is 0.348. The summed E-state index contributed by atoms with van der Waals surface area (Å²) in [4.78, 5) is 28.0. The first-order valence-electron chi connectivity index (χ1n) is 10.8. The first-order valence-corrected chi connectivity index (χ1v) is 10.8. The van der Waals surface area contributed by atoms with E-state index in [9.17, 15) is 22.8 Å². The van der Waals surface area contributed by atoms with Crippen LogP contribution < -0.4 is 5.32 Å². The molecule has 2 aliphatic heterocycles. The predicted octanol–water partition coefficient (Wildman–Crippen LogP) is 3.06.